The van der Waals surface area contributed by atoms with Crippen LogP contribution in [0.5, 0.6) is 0 Å². The molecule has 0 aliphatic carbocycles. The average Bonchev–Trinajstić information content (AvgIpc) is 3.21. The molecule has 0 saturated heterocycles. The maximum Gasteiger partial charge on any atom is 0.311 e. The van der Waals surface area contributed by atoms with E-state index in [4.69, 9.17) is 0 Å². The highest BCUT2D eigenvalue weighted by Gasteiger charge is 2.38. The Balaban J connectivity index is 0.000000259. The third kappa shape index (κ3) is 6.13. The summed E-state index contributed by atoms with van der Waals surface area (Å²) in [7, 11) is -6.58. The van der Waals surface area contributed by atoms with Gasteiger partial charge in [0.15, 0.2) is 36.0 Å². The SMILES string of the molecule is CC1(C(=O)O)CCc2c(Cc3ccc(S(C)(=O)=O)nc3)c3ccccc3n2C1.CS(=O)(=O)c1ccc(C=O)cn1. The maximum atomic E-state index is 11.8. The molecule has 1 aliphatic rings. The van der Waals surface area contributed by atoms with Gasteiger partial charge in [0.1, 0.15) is 0 Å². The van der Waals surface area contributed by atoms with Crippen LogP contribution in [0, 0.1) is 5.41 Å². The highest BCUT2D eigenvalue weighted by Crippen LogP contribution is 2.39. The lowest BCUT2D eigenvalue weighted by Gasteiger charge is -2.32. The van der Waals surface area contributed by atoms with E-state index in [1.165, 1.54) is 24.4 Å². The standard InChI is InChI=1S/C21H22N2O4S.C7H7NO3S/c1-21(20(24)25)10-9-18-16(15-5-3-4-6-17(15)23(18)13-21)11-14-7-8-19(22-12-14)28(2,26)27;1-12(10,11)7-3-2-6(5-9)4-8-7/h3-8,12H,9-11,13H2,1-2H3,(H,24,25);2-5H,1H3. The van der Waals surface area contributed by atoms with E-state index in [2.05, 4.69) is 20.6 Å². The molecule has 1 aromatic carbocycles. The molecule has 1 aliphatic heterocycles. The van der Waals surface area contributed by atoms with E-state index in [0.29, 0.717) is 37.7 Å². The zero-order valence-corrected chi connectivity index (χ0v) is 23.9. The van der Waals surface area contributed by atoms with Crippen molar-refractivity contribution in [3.05, 3.63) is 83.3 Å². The molecule has 0 bridgehead atoms. The second kappa shape index (κ2) is 10.9. The molecule has 12 heteroatoms. The van der Waals surface area contributed by atoms with Gasteiger partial charge < -0.3 is 9.67 Å². The Morgan fingerprint density at radius 1 is 0.975 bits per heavy atom. The van der Waals surface area contributed by atoms with Crippen molar-refractivity contribution in [1.29, 1.82) is 0 Å². The van der Waals surface area contributed by atoms with E-state index >= 15 is 0 Å². The monoisotopic (exact) mass is 583 g/mol. The number of para-hydroxylation sites is 1. The lowest BCUT2D eigenvalue weighted by molar-refractivity contribution is -0.149. The second-order valence-corrected chi connectivity index (χ2v) is 14.1. The fraction of sp³-hybridized carbons (Fsp3) is 0.286. The number of rotatable bonds is 6. The number of nitrogens with zero attached hydrogens (tertiary/aromatic N) is 3. The Morgan fingerprint density at radius 3 is 2.12 bits per heavy atom. The van der Waals surface area contributed by atoms with Crippen molar-refractivity contribution in [2.24, 2.45) is 5.41 Å². The van der Waals surface area contributed by atoms with Crippen LogP contribution in [-0.2, 0) is 43.9 Å². The zero-order valence-electron chi connectivity index (χ0n) is 22.2. The smallest absolute Gasteiger partial charge is 0.311 e. The van der Waals surface area contributed by atoms with Crippen LogP contribution in [0.2, 0.25) is 0 Å². The normalized spacial score (nSPS) is 17.0. The second-order valence-electron chi connectivity index (χ2n) is 10.2. The quantitative estimate of drug-likeness (QED) is 0.337. The summed E-state index contributed by atoms with van der Waals surface area (Å²) < 4.78 is 47.2. The number of fused-ring (bicyclic) bond motifs is 3. The number of carboxylic acid groups (broad SMARTS) is 1. The first-order valence-corrected chi connectivity index (χ1v) is 16.1. The maximum absolute atomic E-state index is 11.8. The van der Waals surface area contributed by atoms with Gasteiger partial charge in [-0.05, 0) is 55.2 Å². The first-order chi connectivity index (χ1) is 18.7. The van der Waals surface area contributed by atoms with Gasteiger partial charge in [0.2, 0.25) is 0 Å². The Kier molecular flexibility index (Phi) is 7.95. The summed E-state index contributed by atoms with van der Waals surface area (Å²) >= 11 is 0. The number of aliphatic carboxylic acids is 1. The van der Waals surface area contributed by atoms with E-state index in [0.717, 1.165) is 40.2 Å². The average molecular weight is 584 g/mol. The molecule has 1 unspecified atom stereocenters. The summed E-state index contributed by atoms with van der Waals surface area (Å²) in [6.45, 7) is 2.25. The highest BCUT2D eigenvalue weighted by molar-refractivity contribution is 7.90. The van der Waals surface area contributed by atoms with Crippen LogP contribution in [-0.4, -0.2) is 61.2 Å². The van der Waals surface area contributed by atoms with E-state index in [9.17, 15) is 31.5 Å². The number of carbonyl (C=O) groups excluding carboxylic acids is 1. The van der Waals surface area contributed by atoms with Gasteiger partial charge in [0.05, 0.1) is 5.41 Å². The summed E-state index contributed by atoms with van der Waals surface area (Å²) in [6.07, 6.45) is 7.58. The van der Waals surface area contributed by atoms with E-state index in [-0.39, 0.29) is 10.1 Å². The predicted molar refractivity (Wildman–Crippen MR) is 149 cm³/mol. The number of pyridine rings is 2. The van der Waals surface area contributed by atoms with Gasteiger partial charge in [-0.2, -0.15) is 0 Å². The highest BCUT2D eigenvalue weighted by atomic mass is 32.2. The number of benzene rings is 1. The molecule has 3 aromatic heterocycles. The summed E-state index contributed by atoms with van der Waals surface area (Å²) in [6, 6.07) is 14.1. The number of aromatic nitrogens is 3. The van der Waals surface area contributed by atoms with Gasteiger partial charge in [-0.25, -0.2) is 26.8 Å². The van der Waals surface area contributed by atoms with Crippen LogP contribution in [0.4, 0.5) is 0 Å². The van der Waals surface area contributed by atoms with Gasteiger partial charge in [-0.15, -0.1) is 0 Å². The minimum atomic E-state index is -3.32. The van der Waals surface area contributed by atoms with Crippen LogP contribution >= 0.6 is 0 Å². The fourth-order valence-electron chi connectivity index (χ4n) is 4.71. The third-order valence-electron chi connectivity index (χ3n) is 6.96. The number of carbonyl (C=O) groups is 2. The molecule has 0 saturated carbocycles. The summed E-state index contributed by atoms with van der Waals surface area (Å²) in [5, 5.41) is 10.8. The van der Waals surface area contributed by atoms with E-state index in [1.54, 1.807) is 19.2 Å². The van der Waals surface area contributed by atoms with Crippen molar-refractivity contribution in [3.8, 4) is 0 Å². The van der Waals surface area contributed by atoms with Crippen molar-refractivity contribution in [3.63, 3.8) is 0 Å². The number of aldehydes is 1. The van der Waals surface area contributed by atoms with E-state index < -0.39 is 31.1 Å². The third-order valence-corrected chi connectivity index (χ3v) is 8.97. The molecular weight excluding hydrogens is 554 g/mol. The molecule has 10 nitrogen and oxygen atoms in total. The van der Waals surface area contributed by atoms with Crippen molar-refractivity contribution >= 4 is 42.8 Å². The fourth-order valence-corrected chi connectivity index (χ4v) is 5.83. The zero-order chi connectivity index (χ0) is 29.3. The Labute approximate surface area is 232 Å². The molecule has 210 valence electrons. The Bertz CT molecular complexity index is 1800. The molecule has 0 fully saturated rings. The van der Waals surface area contributed by atoms with Crippen LogP contribution in [0.25, 0.3) is 10.9 Å². The molecule has 1 atom stereocenters. The Morgan fingerprint density at radius 2 is 1.60 bits per heavy atom. The molecule has 1 N–H and O–H groups in total. The molecule has 0 amide bonds. The topological polar surface area (TPSA) is 153 Å². The number of hydrogen-bond donors (Lipinski definition) is 1. The summed E-state index contributed by atoms with van der Waals surface area (Å²) in [5.41, 5.74) is 3.88. The first-order valence-electron chi connectivity index (χ1n) is 12.3. The van der Waals surface area contributed by atoms with E-state index in [1.807, 2.05) is 18.2 Å². The minimum absolute atomic E-state index is 0.0203. The van der Waals surface area contributed by atoms with Crippen LogP contribution < -0.4 is 0 Å². The number of sulfone groups is 2. The molecule has 4 heterocycles. The van der Waals surface area contributed by atoms with Crippen molar-refractivity contribution in [2.75, 3.05) is 12.5 Å². The van der Waals surface area contributed by atoms with Gasteiger partial charge in [-0.1, -0.05) is 24.3 Å². The van der Waals surface area contributed by atoms with Gasteiger partial charge in [0, 0.05) is 60.0 Å². The molecule has 0 radical (unpaired) electrons. The Hall–Kier alpha value is -3.90. The summed E-state index contributed by atoms with van der Waals surface area (Å²) in [5.74, 6) is -0.766. The van der Waals surface area contributed by atoms with Gasteiger partial charge in [-0.3, -0.25) is 9.59 Å². The number of carboxylic acids is 1. The largest absolute Gasteiger partial charge is 0.481 e. The van der Waals surface area contributed by atoms with Crippen LogP contribution in [0.3, 0.4) is 0 Å². The minimum Gasteiger partial charge on any atom is -0.481 e. The van der Waals surface area contributed by atoms with Gasteiger partial charge >= 0.3 is 5.97 Å². The van der Waals surface area contributed by atoms with Crippen molar-refractivity contribution in [2.45, 2.75) is 42.8 Å². The van der Waals surface area contributed by atoms with Crippen molar-refractivity contribution in [1.82, 2.24) is 14.5 Å². The molecule has 40 heavy (non-hydrogen) atoms. The van der Waals surface area contributed by atoms with Crippen LogP contribution in [0.1, 0.15) is 40.5 Å². The first kappa shape index (κ1) is 29.1. The van der Waals surface area contributed by atoms with Crippen molar-refractivity contribution < 1.29 is 31.5 Å². The summed E-state index contributed by atoms with van der Waals surface area (Å²) in [4.78, 5) is 29.6. The lowest BCUT2D eigenvalue weighted by atomic mass is 9.81. The molecule has 0 spiro atoms. The predicted octanol–water partition coefficient (Wildman–Crippen LogP) is 3.37. The van der Waals surface area contributed by atoms with Crippen LogP contribution in [0.15, 0.2) is 71.0 Å². The molecule has 4 aromatic rings. The lowest BCUT2D eigenvalue weighted by Crippen LogP contribution is -2.37. The molecule has 5 rings (SSSR count). The number of hydrogen-bond acceptors (Lipinski definition) is 8. The molecular formula is C28H29N3O7S2. The van der Waals surface area contributed by atoms with Gasteiger partial charge in [0.25, 0.3) is 0 Å².